The summed E-state index contributed by atoms with van der Waals surface area (Å²) in [6.45, 7) is 0.579. The summed E-state index contributed by atoms with van der Waals surface area (Å²) in [5.74, 6) is 2.54. The number of nitrogens with zero attached hydrogens (tertiary/aromatic N) is 1. The Hall–Kier alpha value is -3.67. The van der Waals surface area contributed by atoms with Gasteiger partial charge in [0.25, 0.3) is 5.91 Å². The molecule has 3 aromatic carbocycles. The molecule has 6 heteroatoms. The molecule has 0 aliphatic carbocycles. The molecule has 1 amide bonds. The van der Waals surface area contributed by atoms with Crippen molar-refractivity contribution in [1.82, 2.24) is 4.90 Å². The lowest BCUT2D eigenvalue weighted by atomic mass is 9.87. The van der Waals surface area contributed by atoms with Crippen LogP contribution in [0.1, 0.15) is 33.1 Å². The quantitative estimate of drug-likeness (QED) is 0.573. The average Bonchev–Trinajstić information content (AvgIpc) is 2.86. The van der Waals surface area contributed by atoms with E-state index >= 15 is 0 Å². The highest BCUT2D eigenvalue weighted by Crippen LogP contribution is 2.43. The molecule has 1 atom stereocenters. The predicted octanol–water partition coefficient (Wildman–Crippen LogP) is 4.51. The van der Waals surface area contributed by atoms with E-state index in [4.69, 9.17) is 18.9 Å². The molecule has 4 rings (SSSR count). The summed E-state index contributed by atoms with van der Waals surface area (Å²) in [5.41, 5.74) is 3.71. The molecule has 0 saturated heterocycles. The third-order valence-corrected chi connectivity index (χ3v) is 5.88. The van der Waals surface area contributed by atoms with Crippen molar-refractivity contribution in [3.05, 3.63) is 82.9 Å². The van der Waals surface area contributed by atoms with Crippen molar-refractivity contribution in [2.45, 2.75) is 12.5 Å². The Labute approximate surface area is 188 Å². The van der Waals surface area contributed by atoms with E-state index in [1.807, 2.05) is 65.6 Å². The van der Waals surface area contributed by atoms with Crippen LogP contribution in [0.4, 0.5) is 0 Å². The van der Waals surface area contributed by atoms with Gasteiger partial charge in [0.1, 0.15) is 0 Å². The molecule has 0 N–H and O–H groups in total. The summed E-state index contributed by atoms with van der Waals surface area (Å²) in [4.78, 5) is 15.5. The van der Waals surface area contributed by atoms with E-state index in [-0.39, 0.29) is 11.9 Å². The lowest BCUT2D eigenvalue weighted by molar-refractivity contribution is 0.0694. The van der Waals surface area contributed by atoms with Crippen LogP contribution in [-0.4, -0.2) is 45.8 Å². The Morgan fingerprint density at radius 1 is 0.781 bits per heavy atom. The number of hydrogen-bond acceptors (Lipinski definition) is 5. The molecule has 166 valence electrons. The van der Waals surface area contributed by atoms with Gasteiger partial charge in [-0.05, 0) is 59.5 Å². The summed E-state index contributed by atoms with van der Waals surface area (Å²) >= 11 is 0. The van der Waals surface area contributed by atoms with Crippen LogP contribution in [0.5, 0.6) is 23.0 Å². The molecule has 6 nitrogen and oxygen atoms in total. The maximum absolute atomic E-state index is 13.6. The third kappa shape index (κ3) is 3.84. The van der Waals surface area contributed by atoms with Gasteiger partial charge in [-0.25, -0.2) is 0 Å². The van der Waals surface area contributed by atoms with Crippen molar-refractivity contribution >= 4 is 5.91 Å². The third-order valence-electron chi connectivity index (χ3n) is 5.88. The van der Waals surface area contributed by atoms with Gasteiger partial charge in [-0.2, -0.15) is 0 Å². The van der Waals surface area contributed by atoms with E-state index < -0.39 is 0 Å². The highest BCUT2D eigenvalue weighted by Gasteiger charge is 2.34. The predicted molar refractivity (Wildman–Crippen MR) is 122 cm³/mol. The van der Waals surface area contributed by atoms with Gasteiger partial charge >= 0.3 is 0 Å². The molecule has 0 fully saturated rings. The molecule has 1 aliphatic heterocycles. The number of methoxy groups -OCH3 is 4. The lowest BCUT2D eigenvalue weighted by Crippen LogP contribution is -2.40. The zero-order valence-electron chi connectivity index (χ0n) is 18.8. The van der Waals surface area contributed by atoms with Crippen LogP contribution in [0.3, 0.4) is 0 Å². The van der Waals surface area contributed by atoms with Gasteiger partial charge in [0.15, 0.2) is 23.0 Å². The van der Waals surface area contributed by atoms with Crippen LogP contribution in [0.25, 0.3) is 0 Å². The first-order chi connectivity index (χ1) is 15.6. The van der Waals surface area contributed by atoms with Crippen LogP contribution < -0.4 is 18.9 Å². The van der Waals surface area contributed by atoms with Crippen molar-refractivity contribution < 1.29 is 23.7 Å². The number of carbonyl (C=O) groups is 1. The normalized spacial score (nSPS) is 15.0. The van der Waals surface area contributed by atoms with E-state index in [1.54, 1.807) is 28.4 Å². The van der Waals surface area contributed by atoms with Gasteiger partial charge in [-0.3, -0.25) is 4.79 Å². The van der Waals surface area contributed by atoms with E-state index in [1.165, 1.54) is 0 Å². The summed E-state index contributed by atoms with van der Waals surface area (Å²) in [6.07, 6.45) is 0.720. The Balaban J connectivity index is 1.88. The molecule has 32 heavy (non-hydrogen) atoms. The topological polar surface area (TPSA) is 57.2 Å². The number of benzene rings is 3. The molecule has 0 bridgehead atoms. The van der Waals surface area contributed by atoms with Crippen LogP contribution in [0.2, 0.25) is 0 Å². The summed E-state index contributed by atoms with van der Waals surface area (Å²) in [5, 5.41) is 0. The van der Waals surface area contributed by atoms with Crippen LogP contribution in [0.15, 0.2) is 60.7 Å². The van der Waals surface area contributed by atoms with Gasteiger partial charge in [0.05, 0.1) is 34.5 Å². The SMILES string of the molecule is COc1ccc([C@@H]2c3cc(OC)c(OC)cc3CCN2C(=O)c2ccccc2)cc1OC. The fourth-order valence-electron chi connectivity index (χ4n) is 4.29. The Morgan fingerprint density at radius 2 is 1.41 bits per heavy atom. The molecular formula is C26H27NO5. The van der Waals surface area contributed by atoms with Crippen LogP contribution in [-0.2, 0) is 6.42 Å². The minimum Gasteiger partial charge on any atom is -0.493 e. The molecular weight excluding hydrogens is 406 g/mol. The van der Waals surface area contributed by atoms with Gasteiger partial charge in [0.2, 0.25) is 0 Å². The van der Waals surface area contributed by atoms with E-state index in [9.17, 15) is 4.79 Å². The highest BCUT2D eigenvalue weighted by atomic mass is 16.5. The number of carbonyl (C=O) groups excluding carboxylic acids is 1. The van der Waals surface area contributed by atoms with Gasteiger partial charge < -0.3 is 23.8 Å². The second-order valence-electron chi connectivity index (χ2n) is 7.54. The van der Waals surface area contributed by atoms with Crippen molar-refractivity contribution in [2.24, 2.45) is 0 Å². The molecule has 0 radical (unpaired) electrons. The van der Waals surface area contributed by atoms with Crippen LogP contribution >= 0.6 is 0 Å². The van der Waals surface area contributed by atoms with E-state index in [0.717, 1.165) is 23.1 Å². The van der Waals surface area contributed by atoms with Crippen LogP contribution in [0, 0.1) is 0 Å². The summed E-state index contributed by atoms with van der Waals surface area (Å²) in [7, 11) is 6.46. The second kappa shape index (κ2) is 9.22. The molecule has 0 saturated carbocycles. The average molecular weight is 434 g/mol. The summed E-state index contributed by atoms with van der Waals surface area (Å²) in [6, 6.07) is 18.8. The summed E-state index contributed by atoms with van der Waals surface area (Å²) < 4.78 is 22.0. The monoisotopic (exact) mass is 433 g/mol. The molecule has 0 spiro atoms. The van der Waals surface area contributed by atoms with Crippen molar-refractivity contribution in [1.29, 1.82) is 0 Å². The van der Waals surface area contributed by atoms with Gasteiger partial charge in [-0.15, -0.1) is 0 Å². The highest BCUT2D eigenvalue weighted by molar-refractivity contribution is 5.95. The number of amides is 1. The molecule has 1 aliphatic rings. The minimum atomic E-state index is -0.314. The number of hydrogen-bond donors (Lipinski definition) is 0. The molecule has 0 unspecified atom stereocenters. The zero-order chi connectivity index (χ0) is 22.7. The largest absolute Gasteiger partial charge is 0.493 e. The molecule has 0 aromatic heterocycles. The maximum atomic E-state index is 13.6. The van der Waals surface area contributed by atoms with Gasteiger partial charge in [0, 0.05) is 12.1 Å². The van der Waals surface area contributed by atoms with Crippen molar-refractivity contribution in [3.8, 4) is 23.0 Å². The first-order valence-corrected chi connectivity index (χ1v) is 10.4. The van der Waals surface area contributed by atoms with Gasteiger partial charge in [-0.1, -0.05) is 24.3 Å². The fourth-order valence-corrected chi connectivity index (χ4v) is 4.29. The number of ether oxygens (including phenoxy) is 4. The first kappa shape index (κ1) is 21.6. The maximum Gasteiger partial charge on any atom is 0.254 e. The lowest BCUT2D eigenvalue weighted by Gasteiger charge is -2.38. The smallest absolute Gasteiger partial charge is 0.254 e. The van der Waals surface area contributed by atoms with Crippen molar-refractivity contribution in [2.75, 3.05) is 35.0 Å². The molecule has 3 aromatic rings. The standard InChI is InChI=1S/C26H27NO5/c1-29-21-11-10-19(15-22(21)30-2)25-20-16-24(32-4)23(31-3)14-18(20)12-13-27(25)26(28)17-8-6-5-7-9-17/h5-11,14-16,25H,12-13H2,1-4H3/t25-/m1/s1. The van der Waals surface area contributed by atoms with E-state index in [2.05, 4.69) is 0 Å². The zero-order valence-corrected chi connectivity index (χ0v) is 18.8. The minimum absolute atomic E-state index is 0.0224. The fraction of sp³-hybridized carbons (Fsp3) is 0.269. The van der Waals surface area contributed by atoms with Crippen molar-refractivity contribution in [3.63, 3.8) is 0 Å². The Kier molecular flexibility index (Phi) is 6.21. The van der Waals surface area contributed by atoms with E-state index in [0.29, 0.717) is 35.1 Å². The first-order valence-electron chi connectivity index (χ1n) is 10.4. The molecule has 1 heterocycles. The number of rotatable bonds is 6. The Bertz CT molecular complexity index is 1110. The second-order valence-corrected chi connectivity index (χ2v) is 7.54. The number of fused-ring (bicyclic) bond motifs is 1. The Morgan fingerprint density at radius 3 is 2.06 bits per heavy atom.